The highest BCUT2D eigenvalue weighted by atomic mass is 35.5. The average molecular weight is 627 g/mol. The van der Waals surface area contributed by atoms with Gasteiger partial charge in [0.15, 0.2) is 5.43 Å². The van der Waals surface area contributed by atoms with E-state index in [1.807, 2.05) is 23.1 Å². The molecule has 0 bridgehead atoms. The number of carbonyl (C=O) groups excluding carboxylic acids is 1. The number of nitrogens with zero attached hydrogens (tertiary/aromatic N) is 1. The predicted octanol–water partition coefficient (Wildman–Crippen LogP) is 8.20. The van der Waals surface area contributed by atoms with Crippen molar-refractivity contribution >= 4 is 28.5 Å². The maximum absolute atomic E-state index is 13.0. The van der Waals surface area contributed by atoms with Crippen molar-refractivity contribution in [3.63, 3.8) is 0 Å². The molecule has 4 aromatic rings. The number of methoxy groups -OCH3 is 1. The Labute approximate surface area is 270 Å². The van der Waals surface area contributed by atoms with E-state index in [2.05, 4.69) is 48.6 Å². The fourth-order valence-corrected chi connectivity index (χ4v) is 7.44. The smallest absolute Gasteiger partial charge is 0.222 e. The van der Waals surface area contributed by atoms with E-state index in [-0.39, 0.29) is 23.4 Å². The minimum atomic E-state index is -0.141. The van der Waals surface area contributed by atoms with Crippen LogP contribution < -0.4 is 15.5 Å². The number of nitrogens with one attached hydrogen (secondary N) is 1. The minimum Gasteiger partial charge on any atom is -0.497 e. The summed E-state index contributed by atoms with van der Waals surface area (Å²) in [7, 11) is 1.59. The van der Waals surface area contributed by atoms with Gasteiger partial charge in [0.25, 0.3) is 0 Å². The first-order valence-electron chi connectivity index (χ1n) is 16.3. The topological polar surface area (TPSA) is 71.8 Å². The van der Waals surface area contributed by atoms with Gasteiger partial charge < -0.3 is 19.4 Å². The van der Waals surface area contributed by atoms with Gasteiger partial charge in [0.05, 0.1) is 18.5 Å². The number of benzene rings is 3. The summed E-state index contributed by atoms with van der Waals surface area (Å²) in [6.07, 6.45) is 8.20. The van der Waals surface area contributed by atoms with Gasteiger partial charge in [-0.2, -0.15) is 0 Å². The molecule has 0 radical (unpaired) electrons. The van der Waals surface area contributed by atoms with Crippen molar-refractivity contribution in [2.75, 3.05) is 13.7 Å². The van der Waals surface area contributed by atoms with E-state index in [1.54, 1.807) is 25.3 Å². The molecule has 236 valence electrons. The lowest BCUT2D eigenvalue weighted by molar-refractivity contribution is -0.128. The lowest BCUT2D eigenvalue weighted by Gasteiger charge is -2.33. The Kier molecular flexibility index (Phi) is 9.91. The second-order valence-corrected chi connectivity index (χ2v) is 13.3. The second kappa shape index (κ2) is 14.2. The number of carbonyl (C=O) groups is 1. The van der Waals surface area contributed by atoms with Crippen LogP contribution in [0, 0.1) is 5.92 Å². The van der Waals surface area contributed by atoms with Crippen LogP contribution in [0.1, 0.15) is 86.3 Å². The van der Waals surface area contributed by atoms with Gasteiger partial charge in [-0.15, -0.1) is 0 Å². The zero-order valence-electron chi connectivity index (χ0n) is 26.3. The van der Waals surface area contributed by atoms with Crippen LogP contribution in [0.2, 0.25) is 5.02 Å². The van der Waals surface area contributed by atoms with Crippen LogP contribution in [0.5, 0.6) is 5.75 Å². The highest BCUT2D eigenvalue weighted by Gasteiger charge is 2.28. The van der Waals surface area contributed by atoms with Crippen LogP contribution >= 0.6 is 11.6 Å². The van der Waals surface area contributed by atoms with Crippen LogP contribution in [0.3, 0.4) is 0 Å². The summed E-state index contributed by atoms with van der Waals surface area (Å²) in [4.78, 5) is 27.3. The molecule has 2 aliphatic rings. The van der Waals surface area contributed by atoms with E-state index in [1.165, 1.54) is 29.5 Å². The molecule has 1 aliphatic carbocycles. The number of halogens is 1. The Morgan fingerprint density at radius 3 is 2.51 bits per heavy atom. The molecule has 2 heterocycles. The zero-order valence-corrected chi connectivity index (χ0v) is 27.0. The molecule has 1 N–H and O–H groups in total. The molecule has 1 saturated heterocycles. The maximum atomic E-state index is 13.0. The van der Waals surface area contributed by atoms with Gasteiger partial charge in [-0.05, 0) is 111 Å². The molecule has 6 nitrogen and oxygen atoms in total. The number of amides is 1. The molecular formula is C38H43ClN2O4. The highest BCUT2D eigenvalue weighted by Crippen LogP contribution is 2.39. The Balaban J connectivity index is 1.14. The Morgan fingerprint density at radius 1 is 1.00 bits per heavy atom. The molecular weight excluding hydrogens is 584 g/mol. The molecule has 1 aliphatic heterocycles. The van der Waals surface area contributed by atoms with Crippen molar-refractivity contribution in [1.29, 1.82) is 0 Å². The maximum Gasteiger partial charge on any atom is 0.222 e. The van der Waals surface area contributed by atoms with Crippen LogP contribution in [0.15, 0.2) is 82.0 Å². The normalized spacial score (nSPS) is 20.0. The van der Waals surface area contributed by atoms with Gasteiger partial charge in [-0.1, -0.05) is 48.0 Å². The van der Waals surface area contributed by atoms with Gasteiger partial charge in [0, 0.05) is 36.6 Å². The standard InChI is InChI=1S/C38H43ClN2O4/c1-25(37-23-35(42)34-22-32(44-2)17-18-36(34)45-37)40-31(21-27-11-15-30(39)16-12-27)20-26-9-13-28(14-10-26)33-7-4-3-6-29(33)24-41-19-5-8-38(41)43/h3-4,6-7,11-12,15-18,22-23,25-26,28,31,40H,5,8-10,13-14,19-21,24H2,1-2H3/t25?,26?,28?,31-/m0/s1. The summed E-state index contributed by atoms with van der Waals surface area (Å²) >= 11 is 6.19. The summed E-state index contributed by atoms with van der Waals surface area (Å²) in [5.41, 5.74) is 4.46. The first-order valence-corrected chi connectivity index (χ1v) is 16.7. The average Bonchev–Trinajstić information content (AvgIpc) is 3.46. The van der Waals surface area contributed by atoms with E-state index < -0.39 is 0 Å². The summed E-state index contributed by atoms with van der Waals surface area (Å²) in [6, 6.07) is 23.9. The van der Waals surface area contributed by atoms with Crippen LogP contribution in [-0.4, -0.2) is 30.5 Å². The SMILES string of the molecule is COc1ccc2oc(C(C)N[C@H](Cc3ccc(Cl)cc3)CC3CCC(c4ccccc4CN4CCCC4=O)CC3)cc(=O)c2c1. The number of hydrogen-bond acceptors (Lipinski definition) is 5. The van der Waals surface area contributed by atoms with Crippen LogP contribution in [-0.2, 0) is 17.8 Å². The molecule has 2 atom stereocenters. The zero-order chi connectivity index (χ0) is 31.3. The van der Waals surface area contributed by atoms with E-state index in [0.717, 1.165) is 50.2 Å². The molecule has 1 amide bonds. The minimum absolute atomic E-state index is 0.0687. The molecule has 7 heteroatoms. The summed E-state index contributed by atoms with van der Waals surface area (Å²) in [5.74, 6) is 2.68. The van der Waals surface area contributed by atoms with Crippen molar-refractivity contribution in [3.05, 3.63) is 110 Å². The van der Waals surface area contributed by atoms with Crippen molar-refractivity contribution in [2.45, 2.75) is 82.8 Å². The second-order valence-electron chi connectivity index (χ2n) is 12.9. The van der Waals surface area contributed by atoms with Gasteiger partial charge in [0.1, 0.15) is 17.1 Å². The van der Waals surface area contributed by atoms with E-state index in [9.17, 15) is 9.59 Å². The molecule has 0 spiro atoms. The lowest BCUT2D eigenvalue weighted by Crippen LogP contribution is -2.36. The number of likely N-dealkylation sites (tertiary alicyclic amines) is 1. The third-order valence-corrected chi connectivity index (χ3v) is 10.0. The summed E-state index contributed by atoms with van der Waals surface area (Å²) in [6.45, 7) is 3.68. The van der Waals surface area contributed by atoms with Crippen molar-refractivity contribution < 1.29 is 13.9 Å². The molecule has 6 rings (SSSR count). The fourth-order valence-electron chi connectivity index (χ4n) is 7.31. The summed E-state index contributed by atoms with van der Waals surface area (Å²) in [5, 5.41) is 5.08. The Hall–Kier alpha value is -3.61. The van der Waals surface area contributed by atoms with Gasteiger partial charge >= 0.3 is 0 Å². The number of hydrogen-bond donors (Lipinski definition) is 1. The van der Waals surface area contributed by atoms with Gasteiger partial charge in [-0.3, -0.25) is 9.59 Å². The van der Waals surface area contributed by atoms with E-state index in [0.29, 0.717) is 40.7 Å². The highest BCUT2D eigenvalue weighted by molar-refractivity contribution is 6.30. The lowest BCUT2D eigenvalue weighted by atomic mass is 9.75. The first kappa shape index (κ1) is 31.4. The Bertz CT molecular complexity index is 1680. The fraction of sp³-hybridized carbons (Fsp3) is 0.421. The van der Waals surface area contributed by atoms with E-state index >= 15 is 0 Å². The molecule has 1 aromatic heterocycles. The molecule has 3 aromatic carbocycles. The molecule has 2 fully saturated rings. The third kappa shape index (κ3) is 7.62. The first-order chi connectivity index (χ1) is 21.9. The monoisotopic (exact) mass is 626 g/mol. The molecule has 1 saturated carbocycles. The van der Waals surface area contributed by atoms with Crippen LogP contribution in [0.25, 0.3) is 11.0 Å². The quantitative estimate of drug-likeness (QED) is 0.182. The number of ether oxygens (including phenoxy) is 1. The largest absolute Gasteiger partial charge is 0.497 e. The van der Waals surface area contributed by atoms with Gasteiger partial charge in [-0.25, -0.2) is 0 Å². The summed E-state index contributed by atoms with van der Waals surface area (Å²) < 4.78 is 11.5. The number of fused-ring (bicyclic) bond motifs is 1. The van der Waals surface area contributed by atoms with Gasteiger partial charge in [0.2, 0.25) is 5.91 Å². The number of rotatable bonds is 11. The molecule has 45 heavy (non-hydrogen) atoms. The van der Waals surface area contributed by atoms with E-state index in [4.69, 9.17) is 20.8 Å². The third-order valence-electron chi connectivity index (χ3n) is 9.75. The predicted molar refractivity (Wildman–Crippen MR) is 180 cm³/mol. The van der Waals surface area contributed by atoms with Crippen molar-refractivity contribution in [2.24, 2.45) is 5.92 Å². The van der Waals surface area contributed by atoms with Crippen molar-refractivity contribution in [3.8, 4) is 5.75 Å². The van der Waals surface area contributed by atoms with Crippen LogP contribution in [0.4, 0.5) is 0 Å². The Morgan fingerprint density at radius 2 is 1.78 bits per heavy atom. The molecule has 1 unspecified atom stereocenters. The van der Waals surface area contributed by atoms with Crippen molar-refractivity contribution in [1.82, 2.24) is 10.2 Å².